The number of rotatable bonds is 7. The van der Waals surface area contributed by atoms with Gasteiger partial charge in [-0.05, 0) is 137 Å². The fraction of sp³-hybridized carbons (Fsp3) is 0.0149. The van der Waals surface area contributed by atoms with Crippen LogP contribution in [0.4, 0.5) is 17.1 Å². The molecule has 0 spiro atoms. The molecule has 1 heterocycles. The first kappa shape index (κ1) is 39.2. The van der Waals surface area contributed by atoms with Gasteiger partial charge in [0.05, 0.1) is 16.5 Å². The third-order valence-electron chi connectivity index (χ3n) is 14.7. The Bertz CT molecular complexity index is 4010. The smallest absolute Gasteiger partial charge is 0.143 e. The first-order chi connectivity index (χ1) is 34.2. The van der Waals surface area contributed by atoms with Gasteiger partial charge in [0.1, 0.15) is 11.2 Å². The van der Waals surface area contributed by atoms with Crippen molar-refractivity contribution in [1.29, 1.82) is 0 Å². The van der Waals surface area contributed by atoms with Crippen LogP contribution in [-0.4, -0.2) is 0 Å². The molecule has 0 fully saturated rings. The Morgan fingerprint density at radius 1 is 0.319 bits per heavy atom. The molecule has 2 nitrogen and oxygen atoms in total. The number of nitrogens with zero attached hydrogens (tertiary/aromatic N) is 1. The van der Waals surface area contributed by atoms with Crippen molar-refractivity contribution < 1.29 is 4.42 Å². The predicted molar refractivity (Wildman–Crippen MR) is 289 cm³/mol. The minimum Gasteiger partial charge on any atom is -0.455 e. The highest BCUT2D eigenvalue weighted by atomic mass is 16.3. The van der Waals surface area contributed by atoms with Crippen molar-refractivity contribution in [2.24, 2.45) is 0 Å². The molecule has 13 aromatic rings. The molecular weight excluding hydrogens is 835 g/mol. The second-order valence-electron chi connectivity index (χ2n) is 18.4. The number of fused-ring (bicyclic) bond motifs is 10. The maximum atomic E-state index is 7.05. The van der Waals surface area contributed by atoms with E-state index < -0.39 is 5.41 Å². The first-order valence-corrected chi connectivity index (χ1v) is 23.8. The zero-order chi connectivity index (χ0) is 45.5. The largest absolute Gasteiger partial charge is 0.455 e. The van der Waals surface area contributed by atoms with Gasteiger partial charge in [0.15, 0.2) is 0 Å². The summed E-state index contributed by atoms with van der Waals surface area (Å²) in [5, 5.41) is 9.19. The molecular formula is C67H43NO. The van der Waals surface area contributed by atoms with Crippen molar-refractivity contribution in [3.63, 3.8) is 0 Å². The van der Waals surface area contributed by atoms with Crippen molar-refractivity contribution in [3.8, 4) is 33.4 Å². The molecule has 1 aliphatic carbocycles. The van der Waals surface area contributed by atoms with E-state index in [1.165, 1.54) is 66.1 Å². The molecule has 12 aromatic carbocycles. The van der Waals surface area contributed by atoms with Crippen LogP contribution in [0.15, 0.2) is 265 Å². The number of anilines is 3. The Kier molecular flexibility index (Phi) is 8.84. The van der Waals surface area contributed by atoms with Gasteiger partial charge in [0.2, 0.25) is 0 Å². The van der Waals surface area contributed by atoms with Gasteiger partial charge in [-0.25, -0.2) is 0 Å². The number of hydrogen-bond donors (Lipinski definition) is 0. The van der Waals surface area contributed by atoms with E-state index in [4.69, 9.17) is 4.42 Å². The van der Waals surface area contributed by atoms with E-state index >= 15 is 0 Å². The monoisotopic (exact) mass is 877 g/mol. The van der Waals surface area contributed by atoms with Crippen LogP contribution >= 0.6 is 0 Å². The Balaban J connectivity index is 1.04. The van der Waals surface area contributed by atoms with Crippen molar-refractivity contribution in [3.05, 3.63) is 283 Å². The minimum absolute atomic E-state index is 0.561. The molecule has 0 radical (unpaired) electrons. The normalized spacial score (nSPS) is 12.8. The third kappa shape index (κ3) is 6.06. The Morgan fingerprint density at radius 3 is 1.57 bits per heavy atom. The average molecular weight is 878 g/mol. The number of furan rings is 1. The lowest BCUT2D eigenvalue weighted by Gasteiger charge is -2.34. The predicted octanol–water partition coefficient (Wildman–Crippen LogP) is 18.2. The van der Waals surface area contributed by atoms with Gasteiger partial charge in [0, 0.05) is 22.1 Å². The minimum atomic E-state index is -0.561. The Morgan fingerprint density at radius 2 is 0.899 bits per heavy atom. The molecule has 1 aliphatic rings. The molecule has 0 aliphatic heterocycles. The van der Waals surface area contributed by atoms with Crippen molar-refractivity contribution in [1.82, 2.24) is 0 Å². The average Bonchev–Trinajstić information content (AvgIpc) is 3.95. The molecule has 0 saturated heterocycles. The summed E-state index contributed by atoms with van der Waals surface area (Å²) in [6.45, 7) is 0. The van der Waals surface area contributed by atoms with Crippen LogP contribution in [0, 0.1) is 0 Å². The van der Waals surface area contributed by atoms with Crippen LogP contribution in [-0.2, 0) is 5.41 Å². The molecule has 322 valence electrons. The number of hydrogen-bond acceptors (Lipinski definition) is 2. The molecule has 0 amide bonds. The topological polar surface area (TPSA) is 16.4 Å². The van der Waals surface area contributed by atoms with Gasteiger partial charge in [-0.3, -0.25) is 0 Å². The summed E-state index contributed by atoms with van der Waals surface area (Å²) in [5.41, 5.74) is 16.7. The Labute approximate surface area is 400 Å². The van der Waals surface area contributed by atoms with Gasteiger partial charge in [-0.15, -0.1) is 0 Å². The van der Waals surface area contributed by atoms with Crippen LogP contribution in [0.5, 0.6) is 0 Å². The van der Waals surface area contributed by atoms with E-state index in [-0.39, 0.29) is 0 Å². The molecule has 14 rings (SSSR count). The summed E-state index contributed by atoms with van der Waals surface area (Å²) in [5.74, 6) is 0. The Hall–Kier alpha value is -8.98. The lowest BCUT2D eigenvalue weighted by atomic mass is 9.67. The molecule has 2 heteroatoms. The molecule has 1 aromatic heterocycles. The molecule has 0 unspecified atom stereocenters. The fourth-order valence-electron chi connectivity index (χ4n) is 11.6. The van der Waals surface area contributed by atoms with Crippen molar-refractivity contribution >= 4 is 71.3 Å². The van der Waals surface area contributed by atoms with E-state index in [9.17, 15) is 0 Å². The third-order valence-corrected chi connectivity index (χ3v) is 14.7. The van der Waals surface area contributed by atoms with Gasteiger partial charge in [-0.1, -0.05) is 206 Å². The summed E-state index contributed by atoms with van der Waals surface area (Å²) in [4.78, 5) is 2.41. The summed E-state index contributed by atoms with van der Waals surface area (Å²) in [7, 11) is 0. The zero-order valence-electron chi connectivity index (χ0n) is 37.7. The SMILES string of the molecule is c1ccc(-c2ccc3c(c2)-c2ccc(-c4cc5c(oc6cccc(N(c7ccc8ccccc8c7)c7ccc8ccccc8c7)c65)c5ccccc45)cc2C3(c2ccccc2)c2ccccc2)cc1. The lowest BCUT2D eigenvalue weighted by Crippen LogP contribution is -2.28. The fourth-order valence-corrected chi connectivity index (χ4v) is 11.6. The van der Waals surface area contributed by atoms with Gasteiger partial charge in [-0.2, -0.15) is 0 Å². The van der Waals surface area contributed by atoms with Crippen LogP contribution in [0.25, 0.3) is 87.6 Å². The second-order valence-corrected chi connectivity index (χ2v) is 18.4. The lowest BCUT2D eigenvalue weighted by molar-refractivity contribution is 0.672. The maximum absolute atomic E-state index is 7.05. The van der Waals surface area contributed by atoms with E-state index in [0.717, 1.165) is 60.9 Å². The van der Waals surface area contributed by atoms with Crippen LogP contribution < -0.4 is 4.90 Å². The van der Waals surface area contributed by atoms with E-state index in [0.29, 0.717) is 0 Å². The summed E-state index contributed by atoms with van der Waals surface area (Å²) in [6.07, 6.45) is 0. The number of benzene rings is 12. The van der Waals surface area contributed by atoms with Gasteiger partial charge < -0.3 is 9.32 Å². The second kappa shape index (κ2) is 15.6. The maximum Gasteiger partial charge on any atom is 0.143 e. The first-order valence-electron chi connectivity index (χ1n) is 23.8. The van der Waals surface area contributed by atoms with E-state index in [1.807, 2.05) is 0 Å². The summed E-state index contributed by atoms with van der Waals surface area (Å²) < 4.78 is 7.05. The molecule has 69 heavy (non-hydrogen) atoms. The van der Waals surface area contributed by atoms with Gasteiger partial charge in [0.25, 0.3) is 0 Å². The van der Waals surface area contributed by atoms with Crippen LogP contribution in [0.1, 0.15) is 22.3 Å². The van der Waals surface area contributed by atoms with Crippen molar-refractivity contribution in [2.45, 2.75) is 5.41 Å². The molecule has 0 atom stereocenters. The van der Waals surface area contributed by atoms with Crippen LogP contribution in [0.3, 0.4) is 0 Å². The standard InChI is InChI=1S/C67H43NO/c1-4-17-44(18-5-1)49-34-38-61-59(41-49)56-37-33-50(42-62(56)67(61,51-23-6-2-7-24-51)52-25-8-3-9-26-52)58-43-60-65-63(29-16-30-64(65)69-66(60)57-28-15-14-27-55(57)58)68(53-35-31-45-19-10-12-21-47(45)39-53)54-36-32-46-20-11-13-22-48(46)40-54/h1-43H. The van der Waals surface area contributed by atoms with E-state index in [1.54, 1.807) is 0 Å². The van der Waals surface area contributed by atoms with Gasteiger partial charge >= 0.3 is 0 Å². The highest BCUT2D eigenvalue weighted by molar-refractivity contribution is 6.23. The molecule has 0 saturated carbocycles. The molecule has 0 N–H and O–H groups in total. The highest BCUT2D eigenvalue weighted by Crippen LogP contribution is 2.58. The summed E-state index contributed by atoms with van der Waals surface area (Å²) >= 11 is 0. The summed E-state index contributed by atoms with van der Waals surface area (Å²) in [6, 6.07) is 95.7. The molecule has 0 bridgehead atoms. The van der Waals surface area contributed by atoms with Crippen LogP contribution in [0.2, 0.25) is 0 Å². The zero-order valence-corrected chi connectivity index (χ0v) is 37.7. The van der Waals surface area contributed by atoms with Crippen molar-refractivity contribution in [2.75, 3.05) is 4.90 Å². The highest BCUT2D eigenvalue weighted by Gasteiger charge is 2.46. The van der Waals surface area contributed by atoms with E-state index in [2.05, 4.69) is 266 Å². The quantitative estimate of drug-likeness (QED) is 0.159.